The van der Waals surface area contributed by atoms with Crippen molar-refractivity contribution in [3.05, 3.63) is 58.4 Å². The quantitative estimate of drug-likeness (QED) is 0.655. The number of thiazole rings is 1. The van der Waals surface area contributed by atoms with Gasteiger partial charge in [-0.1, -0.05) is 22.9 Å². The molecule has 0 fully saturated rings. The molecule has 6 nitrogen and oxygen atoms in total. The smallest absolute Gasteiger partial charge is 0.230 e. The highest BCUT2D eigenvalue weighted by Crippen LogP contribution is 2.29. The van der Waals surface area contributed by atoms with Crippen molar-refractivity contribution in [3.63, 3.8) is 0 Å². The summed E-state index contributed by atoms with van der Waals surface area (Å²) in [7, 11) is 2.01. The zero-order valence-electron chi connectivity index (χ0n) is 15.4. The molecule has 0 aliphatic heterocycles. The van der Waals surface area contributed by atoms with Crippen molar-refractivity contribution < 1.29 is 9.32 Å². The third kappa shape index (κ3) is 4.36. The summed E-state index contributed by atoms with van der Waals surface area (Å²) in [5.41, 5.74) is 3.80. The number of aromatic nitrogens is 2. The first-order valence-corrected chi connectivity index (χ1v) is 9.23. The van der Waals surface area contributed by atoms with Gasteiger partial charge in [0, 0.05) is 31.5 Å². The lowest BCUT2D eigenvalue weighted by Crippen LogP contribution is -2.23. The first-order valence-electron chi connectivity index (χ1n) is 8.35. The van der Waals surface area contributed by atoms with Gasteiger partial charge < -0.3 is 4.52 Å². The van der Waals surface area contributed by atoms with Gasteiger partial charge in [-0.2, -0.15) is 0 Å². The number of hydrogen-bond donors (Lipinski definition) is 0. The van der Waals surface area contributed by atoms with Crippen LogP contribution < -0.4 is 4.90 Å². The van der Waals surface area contributed by atoms with Crippen molar-refractivity contribution in [1.82, 2.24) is 15.0 Å². The van der Waals surface area contributed by atoms with Crippen molar-refractivity contribution in [3.8, 4) is 0 Å². The Morgan fingerprint density at radius 1 is 1.15 bits per heavy atom. The molecule has 0 atom stereocenters. The Kier molecular flexibility index (Phi) is 5.49. The summed E-state index contributed by atoms with van der Waals surface area (Å²) in [6, 6.07) is 9.80. The zero-order valence-corrected chi connectivity index (χ0v) is 16.2. The van der Waals surface area contributed by atoms with E-state index in [9.17, 15) is 4.79 Å². The maximum atomic E-state index is 12.2. The van der Waals surface area contributed by atoms with Gasteiger partial charge in [0.2, 0.25) is 5.91 Å². The van der Waals surface area contributed by atoms with Crippen LogP contribution in [0.4, 0.5) is 10.8 Å². The van der Waals surface area contributed by atoms with Crippen LogP contribution in [0, 0.1) is 13.8 Å². The third-order valence-corrected chi connectivity index (χ3v) is 4.75. The van der Waals surface area contributed by atoms with Gasteiger partial charge in [-0.15, -0.1) is 11.3 Å². The molecule has 0 aliphatic rings. The fourth-order valence-electron chi connectivity index (χ4n) is 2.69. The fourth-order valence-corrected chi connectivity index (χ4v) is 3.57. The topological polar surface area (TPSA) is 62.5 Å². The number of anilines is 2. The van der Waals surface area contributed by atoms with E-state index >= 15 is 0 Å². The highest BCUT2D eigenvalue weighted by atomic mass is 32.1. The van der Waals surface area contributed by atoms with Crippen molar-refractivity contribution in [1.29, 1.82) is 0 Å². The Morgan fingerprint density at radius 3 is 2.46 bits per heavy atom. The molecule has 1 aromatic carbocycles. The summed E-state index contributed by atoms with van der Waals surface area (Å²) in [5, 5.41) is 6.69. The second-order valence-electron chi connectivity index (χ2n) is 6.41. The predicted octanol–water partition coefficient (Wildman–Crippen LogP) is 4.06. The molecule has 2 heterocycles. The standard InChI is InChI=1S/C19H22N4O2S/c1-13-5-7-18(8-6-13)23(15(3)24)19-20-17(12-26-19)11-22(4)10-16-9-14(2)25-21-16/h5-9,12H,10-11H2,1-4H3. The number of carbonyl (C=O) groups is 1. The lowest BCUT2D eigenvalue weighted by Gasteiger charge is -2.18. The molecule has 1 amide bonds. The van der Waals surface area contributed by atoms with E-state index in [4.69, 9.17) is 4.52 Å². The monoisotopic (exact) mass is 370 g/mol. The number of carbonyl (C=O) groups excluding carboxylic acids is 1. The van der Waals surface area contributed by atoms with Crippen LogP contribution in [0.1, 0.15) is 29.6 Å². The molecule has 2 aromatic heterocycles. The molecule has 7 heteroatoms. The molecular weight excluding hydrogens is 348 g/mol. The van der Waals surface area contributed by atoms with E-state index in [1.165, 1.54) is 11.3 Å². The molecule has 0 aliphatic carbocycles. The molecule has 0 unspecified atom stereocenters. The van der Waals surface area contributed by atoms with Crippen molar-refractivity contribution in [2.45, 2.75) is 33.9 Å². The van der Waals surface area contributed by atoms with Crippen LogP contribution in [0.25, 0.3) is 0 Å². The SMILES string of the molecule is CC(=O)N(c1ccc(C)cc1)c1nc(CN(C)Cc2cc(C)on2)cs1. The molecule has 0 saturated heterocycles. The number of nitrogens with zero attached hydrogens (tertiary/aromatic N) is 4. The average molecular weight is 370 g/mol. The average Bonchev–Trinajstić information content (AvgIpc) is 3.18. The number of aryl methyl sites for hydroxylation is 2. The van der Waals surface area contributed by atoms with Crippen molar-refractivity contribution in [2.75, 3.05) is 11.9 Å². The van der Waals surface area contributed by atoms with E-state index in [2.05, 4.69) is 15.0 Å². The predicted molar refractivity (Wildman–Crippen MR) is 103 cm³/mol. The van der Waals surface area contributed by atoms with E-state index in [-0.39, 0.29) is 5.91 Å². The molecular formula is C19H22N4O2S. The number of rotatable bonds is 6. The van der Waals surface area contributed by atoms with Crippen LogP contribution in [-0.4, -0.2) is 28.0 Å². The first-order chi connectivity index (χ1) is 12.4. The maximum absolute atomic E-state index is 12.2. The van der Waals surface area contributed by atoms with Crippen LogP contribution in [0.15, 0.2) is 40.2 Å². The largest absolute Gasteiger partial charge is 0.361 e. The molecule has 136 valence electrons. The fraction of sp³-hybridized carbons (Fsp3) is 0.316. The normalized spacial score (nSPS) is 11.1. The van der Waals surface area contributed by atoms with Crippen molar-refractivity contribution >= 4 is 28.1 Å². The van der Waals surface area contributed by atoms with E-state index in [1.807, 2.05) is 56.6 Å². The van der Waals surface area contributed by atoms with Crippen molar-refractivity contribution in [2.24, 2.45) is 0 Å². The van der Waals surface area contributed by atoms with E-state index < -0.39 is 0 Å². The Morgan fingerprint density at radius 2 is 1.85 bits per heavy atom. The van der Waals surface area contributed by atoms with Gasteiger partial charge >= 0.3 is 0 Å². The Hall–Kier alpha value is -2.51. The van der Waals surface area contributed by atoms with E-state index in [1.54, 1.807) is 11.8 Å². The van der Waals surface area contributed by atoms with Gasteiger partial charge in [-0.3, -0.25) is 14.6 Å². The van der Waals surface area contributed by atoms with Gasteiger partial charge in [0.1, 0.15) is 5.76 Å². The summed E-state index contributed by atoms with van der Waals surface area (Å²) < 4.78 is 5.10. The molecule has 0 bridgehead atoms. The van der Waals surface area contributed by atoms with Crippen LogP contribution in [0.5, 0.6) is 0 Å². The lowest BCUT2D eigenvalue weighted by atomic mass is 10.2. The van der Waals surface area contributed by atoms with Gasteiger partial charge in [0.15, 0.2) is 5.13 Å². The number of hydrogen-bond acceptors (Lipinski definition) is 6. The van der Waals surface area contributed by atoms with Crippen LogP contribution in [0.3, 0.4) is 0 Å². The van der Waals surface area contributed by atoms with Crippen LogP contribution in [0.2, 0.25) is 0 Å². The Labute approximate surface area is 157 Å². The minimum Gasteiger partial charge on any atom is -0.361 e. The number of benzene rings is 1. The van der Waals surface area contributed by atoms with Gasteiger partial charge in [-0.05, 0) is 33.0 Å². The third-order valence-electron chi connectivity index (χ3n) is 3.88. The lowest BCUT2D eigenvalue weighted by molar-refractivity contribution is -0.115. The summed E-state index contributed by atoms with van der Waals surface area (Å²) in [6.07, 6.45) is 0. The Bertz CT molecular complexity index is 885. The zero-order chi connectivity index (χ0) is 18.7. The summed E-state index contributed by atoms with van der Waals surface area (Å²) in [5.74, 6) is 0.751. The minimum atomic E-state index is -0.0545. The molecule has 26 heavy (non-hydrogen) atoms. The summed E-state index contributed by atoms with van der Waals surface area (Å²) >= 11 is 1.47. The second kappa shape index (κ2) is 7.80. The second-order valence-corrected chi connectivity index (χ2v) is 7.25. The van der Waals surface area contributed by atoms with Gasteiger partial charge in [0.05, 0.1) is 17.1 Å². The van der Waals surface area contributed by atoms with Crippen LogP contribution in [-0.2, 0) is 17.9 Å². The molecule has 0 radical (unpaired) electrons. The highest BCUT2D eigenvalue weighted by Gasteiger charge is 2.18. The summed E-state index contributed by atoms with van der Waals surface area (Å²) in [4.78, 5) is 20.6. The molecule has 0 spiro atoms. The van der Waals surface area contributed by atoms with E-state index in [0.29, 0.717) is 18.2 Å². The molecule has 0 saturated carbocycles. The van der Waals surface area contributed by atoms with Crippen LogP contribution >= 0.6 is 11.3 Å². The van der Waals surface area contributed by atoms with E-state index in [0.717, 1.165) is 28.4 Å². The maximum Gasteiger partial charge on any atom is 0.230 e. The van der Waals surface area contributed by atoms with Gasteiger partial charge in [-0.25, -0.2) is 4.98 Å². The molecule has 3 aromatic rings. The summed E-state index contributed by atoms with van der Waals surface area (Å²) in [6.45, 7) is 6.81. The first kappa shape index (κ1) is 18.3. The van der Waals surface area contributed by atoms with Gasteiger partial charge in [0.25, 0.3) is 0 Å². The Balaban J connectivity index is 1.72. The minimum absolute atomic E-state index is 0.0545. The highest BCUT2D eigenvalue weighted by molar-refractivity contribution is 7.14. The number of amides is 1. The molecule has 0 N–H and O–H groups in total. The molecule has 3 rings (SSSR count).